The molecule has 0 aliphatic rings. The quantitative estimate of drug-likeness (QED) is 0.0137. The Balaban J connectivity index is 0.00000361. The van der Waals surface area contributed by atoms with Crippen LogP contribution >= 0.6 is 0 Å². The SMILES string of the molecule is COc1ccc(Nc2ccc3c([O-])c(N=Nc4ccc(N=C(O)Nc5ccc(N=Nc6c(S(=O)(=O)O)cc7cc(Nc8ccc(OC)cc8)ccc7c6[O-])c(OCC(=O)[O-])c5)cc4OCC(=O)[O-])c(S(=O)(=O)O)cc3c2)cc1.[Na+].[Na+].[Na+].[Na+]. The Hall–Kier alpha value is -6.09. The summed E-state index contributed by atoms with van der Waals surface area (Å²) in [6.45, 7) is -2.10. The van der Waals surface area contributed by atoms with E-state index in [1.54, 1.807) is 60.7 Å². The number of aliphatic hydroxyl groups is 1. The van der Waals surface area contributed by atoms with Crippen LogP contribution in [0.5, 0.6) is 34.5 Å². The molecule has 8 rings (SSSR count). The number of carbonyl (C=O) groups is 2. The molecule has 6 N–H and O–H groups in total. The second-order valence-corrected chi connectivity index (χ2v) is 19.0. The van der Waals surface area contributed by atoms with E-state index < -0.39 is 84.1 Å². The molecule has 31 heteroatoms. The van der Waals surface area contributed by atoms with Gasteiger partial charge in [-0.15, -0.1) is 20.5 Å². The number of amidine groups is 1. The molecule has 82 heavy (non-hydrogen) atoms. The van der Waals surface area contributed by atoms with Gasteiger partial charge in [0.15, 0.2) is 0 Å². The second-order valence-electron chi connectivity index (χ2n) is 16.3. The zero-order chi connectivity index (χ0) is 55.9. The summed E-state index contributed by atoms with van der Waals surface area (Å²) in [6, 6.07) is 30.7. The predicted molar refractivity (Wildman–Crippen MR) is 275 cm³/mol. The molecule has 0 amide bonds. The molecular weight excluding hydrogens is 1150 g/mol. The minimum absolute atomic E-state index is 0. The van der Waals surface area contributed by atoms with Gasteiger partial charge >= 0.3 is 118 Å². The summed E-state index contributed by atoms with van der Waals surface area (Å²) in [6.07, 6.45) is 0. The van der Waals surface area contributed by atoms with Crippen molar-refractivity contribution in [2.24, 2.45) is 25.4 Å². The number of methoxy groups -OCH3 is 2. The Morgan fingerprint density at radius 2 is 0.902 bits per heavy atom. The Labute approximate surface area is 555 Å². The monoisotopic (exact) mass is 1190 g/mol. The number of aliphatic carboxylic acids is 2. The van der Waals surface area contributed by atoms with Gasteiger partial charge in [-0.2, -0.15) is 21.8 Å². The molecule has 0 aliphatic heterocycles. The van der Waals surface area contributed by atoms with Gasteiger partial charge in [0, 0.05) is 40.6 Å². The number of fused-ring (bicyclic) bond motifs is 2. The maximum absolute atomic E-state index is 13.7. The molecule has 0 saturated heterocycles. The Bertz CT molecular complexity index is 4000. The number of hydrogen-bond acceptors (Lipinski definition) is 21. The smallest absolute Gasteiger partial charge is 0.871 e. The third kappa shape index (κ3) is 17.5. The van der Waals surface area contributed by atoms with Crippen LogP contribution in [0.3, 0.4) is 0 Å². The molecule has 0 spiro atoms. The van der Waals surface area contributed by atoms with E-state index in [4.69, 9.17) is 18.9 Å². The van der Waals surface area contributed by atoms with E-state index in [0.29, 0.717) is 34.2 Å². The van der Waals surface area contributed by atoms with Crippen molar-refractivity contribution in [1.82, 2.24) is 0 Å². The standard InChI is InChI=1S/C51H42N8O17S2.4Na/c1-73-35-11-3-29(4-12-35)52-31-7-15-37-27(19-31)21-43(77(67,68)69)47(49(37)64)58-56-39-17-9-33(23-41(39)75-25-45(60)61)54-51(66)55-34-10-18-40(42(24-34)76-26-46(62)63)57-59-48-44(78(70,71)72)22-28-20-32(8-16-38(28)50(48)65)53-30-5-13-36(74-2)14-6-30;;;;/h3-24,52-53,64-65H,25-26H2,1-2H3,(H,60,61)(H,62,63)(H2,54,55,66)(H,67,68,69)(H,70,71,72);;;;/q;4*+1/p-4. The number of nitrogens with zero attached hydrogens (tertiary/aromatic N) is 5. The van der Waals surface area contributed by atoms with Gasteiger partial charge in [0.25, 0.3) is 26.3 Å². The average molecular weight is 1190 g/mol. The third-order valence-electron chi connectivity index (χ3n) is 11.0. The molecule has 8 aromatic rings. The molecule has 0 atom stereocenters. The summed E-state index contributed by atoms with van der Waals surface area (Å²) in [5, 5.41) is 85.7. The normalized spacial score (nSPS) is 11.4. The topological polar surface area (TPSA) is 390 Å². The van der Waals surface area contributed by atoms with Crippen LogP contribution in [0.2, 0.25) is 0 Å². The van der Waals surface area contributed by atoms with Crippen LogP contribution < -0.4 is 174 Å². The van der Waals surface area contributed by atoms with E-state index in [-0.39, 0.29) is 174 Å². The van der Waals surface area contributed by atoms with Gasteiger partial charge < -0.3 is 70.0 Å². The van der Waals surface area contributed by atoms with Crippen LogP contribution in [0.1, 0.15) is 0 Å². The molecule has 25 nitrogen and oxygen atoms in total. The van der Waals surface area contributed by atoms with Crippen LogP contribution in [0.25, 0.3) is 21.5 Å². The number of carbonyl (C=O) groups excluding carboxylic acids is 2. The maximum atomic E-state index is 13.7. The van der Waals surface area contributed by atoms with Crippen molar-refractivity contribution in [2.75, 3.05) is 43.4 Å². The van der Waals surface area contributed by atoms with Crippen molar-refractivity contribution >= 4 is 117 Å². The van der Waals surface area contributed by atoms with Crippen LogP contribution in [0, 0.1) is 0 Å². The fraction of sp³-hybridized carbons (Fsp3) is 0.0784. The van der Waals surface area contributed by atoms with Crippen LogP contribution in [-0.4, -0.2) is 76.4 Å². The third-order valence-corrected chi connectivity index (χ3v) is 12.7. The zero-order valence-electron chi connectivity index (χ0n) is 44.2. The molecule has 0 saturated carbocycles. The number of aliphatic hydroxyl groups excluding tert-OH is 1. The average Bonchev–Trinajstić information content (AvgIpc) is 3.61. The van der Waals surface area contributed by atoms with Crippen molar-refractivity contribution < 1.29 is 198 Å². The first-order valence-corrected chi connectivity index (χ1v) is 25.2. The molecular formula is C51H38N8Na4O17S2. The molecule has 0 radical (unpaired) electrons. The minimum Gasteiger partial charge on any atom is -0.871 e. The number of nitrogens with one attached hydrogen (secondary N) is 3. The van der Waals surface area contributed by atoms with Crippen molar-refractivity contribution in [3.05, 3.63) is 133 Å². The molecule has 0 aliphatic carbocycles. The number of azo groups is 2. The molecule has 0 unspecified atom stereocenters. The molecule has 0 heterocycles. The number of rotatable bonds is 20. The maximum Gasteiger partial charge on any atom is 1.00 e. The van der Waals surface area contributed by atoms with Crippen LogP contribution in [0.15, 0.2) is 169 Å². The number of benzene rings is 8. The second kappa shape index (κ2) is 29.9. The Morgan fingerprint density at radius 1 is 0.512 bits per heavy atom. The number of ether oxygens (including phenoxy) is 4. The summed E-state index contributed by atoms with van der Waals surface area (Å²) in [5.74, 6) is -4.77. The van der Waals surface area contributed by atoms with Gasteiger partial charge in [-0.3, -0.25) is 9.11 Å². The predicted octanol–water partition coefficient (Wildman–Crippen LogP) is -5.10. The summed E-state index contributed by atoms with van der Waals surface area (Å²) in [7, 11) is -7.19. The van der Waals surface area contributed by atoms with E-state index in [2.05, 4.69) is 41.4 Å². The Kier molecular flexibility index (Phi) is 25.0. The first-order valence-electron chi connectivity index (χ1n) is 22.3. The molecule has 400 valence electrons. The Morgan fingerprint density at radius 3 is 1.30 bits per heavy atom. The number of hydrogen-bond donors (Lipinski definition) is 6. The van der Waals surface area contributed by atoms with E-state index in [9.17, 15) is 61.1 Å². The van der Waals surface area contributed by atoms with Crippen molar-refractivity contribution in [3.63, 3.8) is 0 Å². The first kappa shape index (κ1) is 68.4. The molecule has 8 aromatic carbocycles. The van der Waals surface area contributed by atoms with E-state index in [1.165, 1.54) is 56.7 Å². The van der Waals surface area contributed by atoms with Gasteiger partial charge in [0.2, 0.25) is 0 Å². The fourth-order valence-corrected chi connectivity index (χ4v) is 8.72. The summed E-state index contributed by atoms with van der Waals surface area (Å²) in [5.41, 5.74) is -0.143. The number of carboxylic acid groups (broad SMARTS) is 2. The van der Waals surface area contributed by atoms with E-state index in [0.717, 1.165) is 30.3 Å². The molecule has 0 fully saturated rings. The minimum atomic E-state index is -5.11. The van der Waals surface area contributed by atoms with E-state index in [1.807, 2.05) is 0 Å². The van der Waals surface area contributed by atoms with Gasteiger partial charge in [-0.1, -0.05) is 23.6 Å². The van der Waals surface area contributed by atoms with Gasteiger partial charge in [-0.05, 0) is 131 Å². The van der Waals surface area contributed by atoms with Crippen molar-refractivity contribution in [3.8, 4) is 34.5 Å². The first-order chi connectivity index (χ1) is 37.1. The van der Waals surface area contributed by atoms with Crippen molar-refractivity contribution in [1.29, 1.82) is 0 Å². The van der Waals surface area contributed by atoms with Gasteiger partial charge in [0.1, 0.15) is 57.4 Å². The molecule has 0 bridgehead atoms. The van der Waals surface area contributed by atoms with E-state index >= 15 is 0 Å². The molecule has 0 aromatic heterocycles. The summed E-state index contributed by atoms with van der Waals surface area (Å²) >= 11 is 0. The number of anilines is 5. The fourth-order valence-electron chi connectivity index (χ4n) is 7.42. The van der Waals surface area contributed by atoms with Crippen molar-refractivity contribution in [2.45, 2.75) is 9.79 Å². The summed E-state index contributed by atoms with van der Waals surface area (Å²) < 4.78 is 91.7. The zero-order valence-corrected chi connectivity index (χ0v) is 53.9. The number of aliphatic imine (C=N–C) groups is 1. The van der Waals surface area contributed by atoms with Gasteiger partial charge in [0.05, 0.1) is 43.2 Å². The summed E-state index contributed by atoms with van der Waals surface area (Å²) in [4.78, 5) is 25.0. The van der Waals surface area contributed by atoms with Crippen LogP contribution in [-0.2, 0) is 29.8 Å². The number of carboxylic acids is 2. The van der Waals surface area contributed by atoms with Crippen LogP contribution in [0.4, 0.5) is 56.9 Å². The van der Waals surface area contributed by atoms with Gasteiger partial charge in [-0.25, -0.2) is 0 Å². The largest absolute Gasteiger partial charge is 1.00 e.